The standard InChI is InChI=1S/C27H22ClF2N5OS/c1-3-34-15-18(14-31-34)35-16(2)26(20-12-13-21(28)24(30)25(20)35)37-22-11-7-10-19(23(22)29)27(36)33-32-17-8-5-4-6-9-17/h4-15,32H,3H2,1-2H3,(H,33,36). The lowest BCUT2D eigenvalue weighted by atomic mass is 10.2. The molecule has 0 atom stereocenters. The van der Waals surface area contributed by atoms with Gasteiger partial charge in [-0.15, -0.1) is 0 Å². The van der Waals surface area contributed by atoms with Gasteiger partial charge < -0.3 is 4.57 Å². The van der Waals surface area contributed by atoms with E-state index in [2.05, 4.69) is 16.0 Å². The number of amides is 1. The zero-order valence-electron chi connectivity index (χ0n) is 19.9. The molecule has 37 heavy (non-hydrogen) atoms. The third-order valence-corrected chi connectivity index (χ3v) is 7.46. The maximum Gasteiger partial charge on any atom is 0.272 e. The number of nitrogens with zero attached hydrogens (tertiary/aromatic N) is 3. The molecule has 2 aromatic heterocycles. The molecule has 2 N–H and O–H groups in total. The van der Waals surface area contributed by atoms with Crippen LogP contribution in [0.5, 0.6) is 0 Å². The minimum atomic E-state index is -0.673. The van der Waals surface area contributed by atoms with Gasteiger partial charge in [0, 0.05) is 33.6 Å². The molecular weight excluding hydrogens is 516 g/mol. The first-order valence-corrected chi connectivity index (χ1v) is 12.7. The van der Waals surface area contributed by atoms with Gasteiger partial charge >= 0.3 is 0 Å². The Morgan fingerprint density at radius 1 is 1.05 bits per heavy atom. The summed E-state index contributed by atoms with van der Waals surface area (Å²) >= 11 is 7.26. The Labute approximate surface area is 221 Å². The van der Waals surface area contributed by atoms with Crippen molar-refractivity contribution in [2.24, 2.45) is 0 Å². The number of aromatic nitrogens is 3. The molecule has 0 radical (unpaired) electrons. The average molecular weight is 538 g/mol. The van der Waals surface area contributed by atoms with Gasteiger partial charge in [0.1, 0.15) is 5.82 Å². The predicted molar refractivity (Wildman–Crippen MR) is 142 cm³/mol. The van der Waals surface area contributed by atoms with E-state index in [9.17, 15) is 4.79 Å². The fourth-order valence-corrected chi connectivity index (χ4v) is 5.32. The SMILES string of the molecule is CCn1cc(-n2c(C)c(Sc3cccc(C(=O)NNc4ccccc4)c3F)c3ccc(Cl)c(F)c32)cn1. The number of hydrogen-bond acceptors (Lipinski definition) is 4. The van der Waals surface area contributed by atoms with Crippen molar-refractivity contribution in [1.29, 1.82) is 0 Å². The molecule has 0 spiro atoms. The molecule has 0 aliphatic rings. The van der Waals surface area contributed by atoms with E-state index in [4.69, 9.17) is 11.6 Å². The third-order valence-electron chi connectivity index (χ3n) is 5.92. The van der Waals surface area contributed by atoms with Gasteiger partial charge in [-0.2, -0.15) is 5.10 Å². The largest absolute Gasteiger partial charge is 0.307 e. The van der Waals surface area contributed by atoms with Crippen molar-refractivity contribution in [2.45, 2.75) is 30.2 Å². The van der Waals surface area contributed by atoms with E-state index in [0.29, 0.717) is 33.9 Å². The summed E-state index contributed by atoms with van der Waals surface area (Å²) in [7, 11) is 0. The fraction of sp³-hybridized carbons (Fsp3) is 0.111. The highest BCUT2D eigenvalue weighted by Crippen LogP contribution is 2.42. The number of hydrogen-bond donors (Lipinski definition) is 2. The first-order chi connectivity index (χ1) is 17.9. The molecule has 0 aliphatic heterocycles. The maximum atomic E-state index is 15.6. The van der Waals surface area contributed by atoms with E-state index in [-0.39, 0.29) is 21.0 Å². The Morgan fingerprint density at radius 2 is 1.84 bits per heavy atom. The Balaban J connectivity index is 1.53. The van der Waals surface area contributed by atoms with Gasteiger partial charge in [-0.05, 0) is 50.2 Å². The molecule has 0 saturated carbocycles. The maximum absolute atomic E-state index is 15.6. The van der Waals surface area contributed by atoms with Crippen LogP contribution in [0, 0.1) is 18.6 Å². The first kappa shape index (κ1) is 24.9. The summed E-state index contributed by atoms with van der Waals surface area (Å²) in [5, 5.41) is 4.88. The predicted octanol–water partition coefficient (Wildman–Crippen LogP) is 7.00. The van der Waals surface area contributed by atoms with E-state index in [1.165, 1.54) is 12.1 Å². The first-order valence-electron chi connectivity index (χ1n) is 11.5. The average Bonchev–Trinajstić information content (AvgIpc) is 3.49. The van der Waals surface area contributed by atoms with Gasteiger partial charge in [-0.1, -0.05) is 47.6 Å². The Hall–Kier alpha value is -3.82. The van der Waals surface area contributed by atoms with Crippen LogP contribution >= 0.6 is 23.4 Å². The molecule has 5 aromatic rings. The van der Waals surface area contributed by atoms with E-state index in [0.717, 1.165) is 11.8 Å². The van der Waals surface area contributed by atoms with Crippen LogP contribution < -0.4 is 10.9 Å². The Bertz CT molecular complexity index is 1620. The summed E-state index contributed by atoms with van der Waals surface area (Å²) in [6, 6.07) is 16.8. The van der Waals surface area contributed by atoms with E-state index < -0.39 is 17.5 Å². The van der Waals surface area contributed by atoms with Crippen molar-refractivity contribution in [3.63, 3.8) is 0 Å². The monoisotopic (exact) mass is 537 g/mol. The Kier molecular flexibility index (Phi) is 6.90. The van der Waals surface area contributed by atoms with Crippen LogP contribution in [0.4, 0.5) is 14.5 Å². The summed E-state index contributed by atoms with van der Waals surface area (Å²) in [5.41, 5.74) is 7.48. The van der Waals surface area contributed by atoms with Crippen LogP contribution in [0.15, 0.2) is 82.8 Å². The van der Waals surface area contributed by atoms with Crippen LogP contribution in [0.3, 0.4) is 0 Å². The van der Waals surface area contributed by atoms with Crippen molar-refractivity contribution in [1.82, 2.24) is 19.8 Å². The zero-order valence-corrected chi connectivity index (χ0v) is 21.5. The second-order valence-corrected chi connectivity index (χ2v) is 9.69. The number of para-hydroxylation sites is 1. The summed E-state index contributed by atoms with van der Waals surface area (Å²) < 4.78 is 34.3. The molecule has 6 nitrogen and oxygen atoms in total. The number of carbonyl (C=O) groups excluding carboxylic acids is 1. The normalized spacial score (nSPS) is 11.2. The van der Waals surface area contributed by atoms with Crippen molar-refractivity contribution in [3.05, 3.63) is 101 Å². The summed E-state index contributed by atoms with van der Waals surface area (Å²) in [6.45, 7) is 4.44. The molecular formula is C27H22ClF2N5OS. The van der Waals surface area contributed by atoms with Gasteiger partial charge in [-0.3, -0.25) is 20.3 Å². The number of carbonyl (C=O) groups is 1. The highest BCUT2D eigenvalue weighted by molar-refractivity contribution is 7.99. The molecule has 0 bridgehead atoms. The van der Waals surface area contributed by atoms with E-state index in [1.807, 2.05) is 38.2 Å². The molecule has 2 heterocycles. The lowest BCUT2D eigenvalue weighted by molar-refractivity contribution is 0.0958. The highest BCUT2D eigenvalue weighted by Gasteiger charge is 2.24. The van der Waals surface area contributed by atoms with Crippen molar-refractivity contribution < 1.29 is 13.6 Å². The molecule has 0 unspecified atom stereocenters. The van der Waals surface area contributed by atoms with E-state index in [1.54, 1.807) is 45.8 Å². The summed E-state index contributed by atoms with van der Waals surface area (Å²) in [4.78, 5) is 13.6. The number of hydrazine groups is 1. The van der Waals surface area contributed by atoms with Crippen LogP contribution in [0.1, 0.15) is 23.0 Å². The lowest BCUT2D eigenvalue weighted by Gasteiger charge is -2.11. The van der Waals surface area contributed by atoms with Crippen molar-refractivity contribution in [2.75, 3.05) is 5.43 Å². The van der Waals surface area contributed by atoms with Gasteiger partial charge in [0.25, 0.3) is 5.91 Å². The lowest BCUT2D eigenvalue weighted by Crippen LogP contribution is -2.30. The Morgan fingerprint density at radius 3 is 2.57 bits per heavy atom. The van der Waals surface area contributed by atoms with Crippen LogP contribution in [0.25, 0.3) is 16.6 Å². The van der Waals surface area contributed by atoms with Crippen LogP contribution in [0.2, 0.25) is 5.02 Å². The van der Waals surface area contributed by atoms with Gasteiger partial charge in [0.2, 0.25) is 0 Å². The number of halogens is 3. The second kappa shape index (κ2) is 10.3. The molecule has 0 aliphatic carbocycles. The molecule has 1 amide bonds. The van der Waals surface area contributed by atoms with Crippen molar-refractivity contribution >= 4 is 45.9 Å². The molecule has 0 fully saturated rings. The smallest absolute Gasteiger partial charge is 0.272 e. The molecule has 0 saturated heterocycles. The summed E-state index contributed by atoms with van der Waals surface area (Å²) in [6.07, 6.45) is 3.46. The van der Waals surface area contributed by atoms with Crippen LogP contribution in [-0.4, -0.2) is 20.3 Å². The highest BCUT2D eigenvalue weighted by atomic mass is 35.5. The van der Waals surface area contributed by atoms with Crippen molar-refractivity contribution in [3.8, 4) is 5.69 Å². The van der Waals surface area contributed by atoms with E-state index >= 15 is 8.78 Å². The number of nitrogens with one attached hydrogen (secondary N) is 2. The quantitative estimate of drug-likeness (QED) is 0.219. The second-order valence-electron chi connectivity index (χ2n) is 8.23. The molecule has 188 valence electrons. The van der Waals surface area contributed by atoms with Gasteiger partial charge in [-0.25, -0.2) is 8.78 Å². The molecule has 5 rings (SSSR count). The minimum Gasteiger partial charge on any atom is -0.307 e. The minimum absolute atomic E-state index is 0.0125. The molecule has 10 heteroatoms. The number of fused-ring (bicyclic) bond motifs is 1. The zero-order chi connectivity index (χ0) is 26.1. The number of anilines is 1. The van der Waals surface area contributed by atoms with Crippen LogP contribution in [-0.2, 0) is 6.54 Å². The number of rotatable bonds is 7. The fourth-order valence-electron chi connectivity index (χ4n) is 4.09. The summed E-state index contributed by atoms with van der Waals surface area (Å²) in [5.74, 6) is -1.86. The topological polar surface area (TPSA) is 63.9 Å². The van der Waals surface area contributed by atoms with Gasteiger partial charge in [0.15, 0.2) is 5.82 Å². The van der Waals surface area contributed by atoms with Gasteiger partial charge in [0.05, 0.1) is 33.7 Å². The third kappa shape index (κ3) is 4.68. The molecule has 3 aromatic carbocycles. The number of benzene rings is 3. The number of aryl methyl sites for hydroxylation is 1.